The minimum absolute atomic E-state index is 0.259. The molecule has 4 heteroatoms. The molecule has 0 spiro atoms. The molecule has 1 fully saturated rings. The number of carbonyl (C=O) groups excluding carboxylic acids is 1. The van der Waals surface area contributed by atoms with Gasteiger partial charge in [0.15, 0.2) is 0 Å². The highest BCUT2D eigenvalue weighted by atomic mass is 16.5. The van der Waals surface area contributed by atoms with Crippen LogP contribution < -0.4 is 5.73 Å². The van der Waals surface area contributed by atoms with Crippen molar-refractivity contribution < 1.29 is 14.3 Å². The van der Waals surface area contributed by atoms with Crippen molar-refractivity contribution in [2.24, 2.45) is 11.7 Å². The van der Waals surface area contributed by atoms with Crippen molar-refractivity contribution in [2.45, 2.75) is 19.4 Å². The molecule has 1 aromatic rings. The van der Waals surface area contributed by atoms with Gasteiger partial charge >= 0.3 is 5.97 Å². The lowest BCUT2D eigenvalue weighted by Crippen LogP contribution is -2.21. The lowest BCUT2D eigenvalue weighted by atomic mass is 10.0. The predicted molar refractivity (Wildman–Crippen MR) is 68.2 cm³/mol. The lowest BCUT2D eigenvalue weighted by molar-refractivity contribution is 0.0185. The highest BCUT2D eigenvalue weighted by Crippen LogP contribution is 2.15. The molecule has 1 aromatic carbocycles. The number of hydrogen-bond donors (Lipinski definition) is 1. The van der Waals surface area contributed by atoms with Gasteiger partial charge in [-0.15, -0.1) is 0 Å². The minimum atomic E-state index is -0.259. The molecule has 0 aromatic heterocycles. The lowest BCUT2D eigenvalue weighted by Gasteiger charge is -2.21. The van der Waals surface area contributed by atoms with Crippen LogP contribution in [0.4, 0.5) is 0 Å². The highest BCUT2D eigenvalue weighted by molar-refractivity contribution is 5.89. The fourth-order valence-corrected chi connectivity index (χ4v) is 1.97. The molecule has 0 bridgehead atoms. The Bertz CT molecular complexity index is 383. The van der Waals surface area contributed by atoms with E-state index in [0.29, 0.717) is 24.6 Å². The average Bonchev–Trinajstić information content (AvgIpc) is 2.46. The van der Waals surface area contributed by atoms with E-state index < -0.39 is 0 Å². The molecular weight excluding hydrogens is 230 g/mol. The van der Waals surface area contributed by atoms with E-state index in [-0.39, 0.29) is 5.97 Å². The van der Waals surface area contributed by atoms with Crippen LogP contribution in [0, 0.1) is 5.92 Å². The van der Waals surface area contributed by atoms with Crippen LogP contribution in [0.15, 0.2) is 24.3 Å². The van der Waals surface area contributed by atoms with Crippen molar-refractivity contribution in [1.82, 2.24) is 0 Å². The van der Waals surface area contributed by atoms with E-state index >= 15 is 0 Å². The Morgan fingerprint density at radius 3 is 2.56 bits per heavy atom. The molecule has 1 heterocycles. The van der Waals surface area contributed by atoms with Crippen molar-refractivity contribution in [1.29, 1.82) is 0 Å². The van der Waals surface area contributed by atoms with Gasteiger partial charge in [-0.2, -0.15) is 0 Å². The third-order valence-corrected chi connectivity index (χ3v) is 3.22. The zero-order valence-corrected chi connectivity index (χ0v) is 10.4. The van der Waals surface area contributed by atoms with Gasteiger partial charge in [-0.05, 0) is 36.5 Å². The van der Waals surface area contributed by atoms with Crippen LogP contribution in [-0.2, 0) is 16.0 Å². The second kappa shape index (κ2) is 6.52. The second-order valence-corrected chi connectivity index (χ2v) is 4.56. The van der Waals surface area contributed by atoms with Crippen LogP contribution in [0.3, 0.4) is 0 Å². The number of rotatable bonds is 4. The topological polar surface area (TPSA) is 61.6 Å². The third kappa shape index (κ3) is 3.55. The third-order valence-electron chi connectivity index (χ3n) is 3.22. The van der Waals surface area contributed by atoms with E-state index in [1.165, 1.54) is 0 Å². The molecule has 0 atom stereocenters. The molecule has 0 unspecified atom stereocenters. The van der Waals surface area contributed by atoms with Gasteiger partial charge in [0, 0.05) is 19.8 Å². The van der Waals surface area contributed by atoms with Crippen LogP contribution in [0.5, 0.6) is 0 Å². The first-order valence-corrected chi connectivity index (χ1v) is 6.33. The SMILES string of the molecule is NCc1ccc(C(=O)OCC2CCOCC2)cc1. The van der Waals surface area contributed by atoms with E-state index in [1.54, 1.807) is 12.1 Å². The molecule has 0 saturated carbocycles. The van der Waals surface area contributed by atoms with E-state index in [0.717, 1.165) is 31.6 Å². The summed E-state index contributed by atoms with van der Waals surface area (Å²) in [6.07, 6.45) is 1.94. The van der Waals surface area contributed by atoms with E-state index in [4.69, 9.17) is 15.2 Å². The zero-order chi connectivity index (χ0) is 12.8. The first kappa shape index (κ1) is 13.1. The number of nitrogens with two attached hydrogens (primary N) is 1. The highest BCUT2D eigenvalue weighted by Gasteiger charge is 2.16. The molecule has 0 amide bonds. The summed E-state index contributed by atoms with van der Waals surface area (Å²) in [5, 5.41) is 0. The first-order chi connectivity index (χ1) is 8.79. The summed E-state index contributed by atoms with van der Waals surface area (Å²) in [7, 11) is 0. The molecule has 18 heavy (non-hydrogen) atoms. The molecule has 0 aliphatic carbocycles. The second-order valence-electron chi connectivity index (χ2n) is 4.56. The normalized spacial score (nSPS) is 16.5. The standard InChI is InChI=1S/C14H19NO3/c15-9-11-1-3-13(4-2-11)14(16)18-10-12-5-7-17-8-6-12/h1-4,12H,5-10,15H2. The van der Waals surface area contributed by atoms with E-state index in [2.05, 4.69) is 0 Å². The van der Waals surface area contributed by atoms with Crippen LogP contribution in [0.25, 0.3) is 0 Å². The van der Waals surface area contributed by atoms with E-state index in [1.807, 2.05) is 12.1 Å². The molecule has 1 aliphatic heterocycles. The Hall–Kier alpha value is -1.39. The summed E-state index contributed by atoms with van der Waals surface area (Å²) in [6.45, 7) is 2.51. The van der Waals surface area contributed by atoms with Gasteiger partial charge in [-0.25, -0.2) is 4.79 Å². The molecule has 0 radical (unpaired) electrons. The molecule has 1 saturated heterocycles. The predicted octanol–water partition coefficient (Wildman–Crippen LogP) is 1.73. The maximum atomic E-state index is 11.8. The average molecular weight is 249 g/mol. The fourth-order valence-electron chi connectivity index (χ4n) is 1.97. The number of carbonyl (C=O) groups is 1. The summed E-state index contributed by atoms with van der Waals surface area (Å²) in [5.74, 6) is 0.177. The van der Waals surface area contributed by atoms with Crippen molar-refractivity contribution in [3.63, 3.8) is 0 Å². The van der Waals surface area contributed by atoms with Gasteiger partial charge in [0.1, 0.15) is 0 Å². The summed E-state index contributed by atoms with van der Waals surface area (Å²) in [4.78, 5) is 11.8. The summed E-state index contributed by atoms with van der Waals surface area (Å²) in [6, 6.07) is 7.22. The van der Waals surface area contributed by atoms with Gasteiger partial charge in [0.2, 0.25) is 0 Å². The van der Waals surface area contributed by atoms with Gasteiger partial charge in [0.05, 0.1) is 12.2 Å². The van der Waals surface area contributed by atoms with Gasteiger partial charge in [-0.1, -0.05) is 12.1 Å². The van der Waals surface area contributed by atoms with Gasteiger partial charge < -0.3 is 15.2 Å². The maximum Gasteiger partial charge on any atom is 0.338 e. The maximum absolute atomic E-state index is 11.8. The molecular formula is C14H19NO3. The zero-order valence-electron chi connectivity index (χ0n) is 10.4. The van der Waals surface area contributed by atoms with E-state index in [9.17, 15) is 4.79 Å². The Balaban J connectivity index is 1.82. The minimum Gasteiger partial charge on any atom is -0.462 e. The molecule has 98 valence electrons. The molecule has 1 aliphatic rings. The Morgan fingerprint density at radius 1 is 1.28 bits per heavy atom. The molecule has 2 rings (SSSR count). The number of ether oxygens (including phenoxy) is 2. The van der Waals surface area contributed by atoms with Crippen molar-refractivity contribution in [3.8, 4) is 0 Å². The quantitative estimate of drug-likeness (QED) is 0.825. The van der Waals surface area contributed by atoms with Crippen LogP contribution in [0.1, 0.15) is 28.8 Å². The number of esters is 1. The summed E-state index contributed by atoms with van der Waals surface area (Å²) in [5.41, 5.74) is 7.10. The summed E-state index contributed by atoms with van der Waals surface area (Å²) < 4.78 is 10.6. The Labute approximate surface area is 107 Å². The number of benzene rings is 1. The van der Waals surface area contributed by atoms with Crippen LogP contribution in [-0.4, -0.2) is 25.8 Å². The Morgan fingerprint density at radius 2 is 1.94 bits per heavy atom. The molecule has 4 nitrogen and oxygen atoms in total. The van der Waals surface area contributed by atoms with Gasteiger partial charge in [0.25, 0.3) is 0 Å². The molecule has 2 N–H and O–H groups in total. The fraction of sp³-hybridized carbons (Fsp3) is 0.500. The first-order valence-electron chi connectivity index (χ1n) is 6.33. The van der Waals surface area contributed by atoms with Crippen LogP contribution in [0.2, 0.25) is 0 Å². The van der Waals surface area contributed by atoms with Crippen LogP contribution >= 0.6 is 0 Å². The largest absolute Gasteiger partial charge is 0.462 e. The Kier molecular flexibility index (Phi) is 4.73. The smallest absolute Gasteiger partial charge is 0.338 e. The van der Waals surface area contributed by atoms with Gasteiger partial charge in [-0.3, -0.25) is 0 Å². The van der Waals surface area contributed by atoms with Crippen molar-refractivity contribution in [3.05, 3.63) is 35.4 Å². The summed E-state index contributed by atoms with van der Waals surface area (Å²) >= 11 is 0. The number of hydrogen-bond acceptors (Lipinski definition) is 4. The van der Waals surface area contributed by atoms with Crippen molar-refractivity contribution in [2.75, 3.05) is 19.8 Å². The monoisotopic (exact) mass is 249 g/mol. The van der Waals surface area contributed by atoms with Crippen molar-refractivity contribution >= 4 is 5.97 Å².